The lowest BCUT2D eigenvalue weighted by Gasteiger charge is -2.23. The molecule has 3 N–H and O–H groups in total. The highest BCUT2D eigenvalue weighted by atomic mass is 32.2. The number of hydrogen-bond acceptors (Lipinski definition) is 6. The van der Waals surface area contributed by atoms with Crippen molar-refractivity contribution in [1.29, 1.82) is 0 Å². The molecule has 3 rings (SSSR count). The van der Waals surface area contributed by atoms with Crippen molar-refractivity contribution >= 4 is 21.4 Å². The highest BCUT2D eigenvalue weighted by molar-refractivity contribution is 7.89. The molecule has 0 unspecified atom stereocenters. The Bertz CT molecular complexity index is 1050. The molecular formula is C20H20N4O4S. The highest BCUT2D eigenvalue weighted by Crippen LogP contribution is 2.29. The molecule has 0 aliphatic carbocycles. The van der Waals surface area contributed by atoms with Gasteiger partial charge in [-0.25, -0.2) is 8.42 Å². The Kier molecular flexibility index (Phi) is 6.23. The summed E-state index contributed by atoms with van der Waals surface area (Å²) < 4.78 is 28.0. The molecule has 0 aliphatic rings. The van der Waals surface area contributed by atoms with E-state index in [0.29, 0.717) is 0 Å². The summed E-state index contributed by atoms with van der Waals surface area (Å²) in [5.41, 5.74) is 3.45. The number of rotatable bonds is 8. The summed E-state index contributed by atoms with van der Waals surface area (Å²) in [6.45, 7) is 0.255. The molecule has 0 heterocycles. The summed E-state index contributed by atoms with van der Waals surface area (Å²) in [5, 5.41) is 11.3. The lowest BCUT2D eigenvalue weighted by Crippen LogP contribution is -2.30. The van der Waals surface area contributed by atoms with Crippen LogP contribution >= 0.6 is 0 Å². The molecule has 0 spiro atoms. The maximum atomic E-state index is 13.4. The van der Waals surface area contributed by atoms with Crippen LogP contribution in [0.5, 0.6) is 0 Å². The summed E-state index contributed by atoms with van der Waals surface area (Å²) in [4.78, 5) is 10.5. The van der Waals surface area contributed by atoms with Crippen LogP contribution in [0.3, 0.4) is 0 Å². The monoisotopic (exact) mass is 412 g/mol. The van der Waals surface area contributed by atoms with E-state index in [2.05, 4.69) is 5.43 Å². The van der Waals surface area contributed by atoms with Gasteiger partial charge in [0, 0.05) is 19.2 Å². The Morgan fingerprint density at radius 3 is 1.86 bits per heavy atom. The van der Waals surface area contributed by atoms with E-state index in [1.165, 1.54) is 16.4 Å². The topological polar surface area (TPSA) is 119 Å². The molecule has 3 aromatic carbocycles. The van der Waals surface area contributed by atoms with E-state index in [0.717, 1.165) is 17.2 Å². The number of nitrogens with one attached hydrogen (secondary N) is 1. The number of nitro benzene ring substituents is 1. The third-order valence-electron chi connectivity index (χ3n) is 4.36. The number of nitrogens with zero attached hydrogens (tertiary/aromatic N) is 2. The molecule has 29 heavy (non-hydrogen) atoms. The van der Waals surface area contributed by atoms with E-state index in [1.807, 2.05) is 60.7 Å². The van der Waals surface area contributed by atoms with Crippen molar-refractivity contribution in [3.05, 3.63) is 100 Å². The molecule has 3 aromatic rings. The predicted octanol–water partition coefficient (Wildman–Crippen LogP) is 3.27. The summed E-state index contributed by atoms with van der Waals surface area (Å²) >= 11 is 0. The molecule has 0 amide bonds. The largest absolute Gasteiger partial charge is 0.318 e. The van der Waals surface area contributed by atoms with Crippen LogP contribution in [0.25, 0.3) is 0 Å². The van der Waals surface area contributed by atoms with Gasteiger partial charge in [-0.1, -0.05) is 60.7 Å². The zero-order valence-corrected chi connectivity index (χ0v) is 16.2. The van der Waals surface area contributed by atoms with Gasteiger partial charge in [-0.3, -0.25) is 16.0 Å². The maximum absolute atomic E-state index is 13.4. The Balaban J connectivity index is 2.03. The van der Waals surface area contributed by atoms with Gasteiger partial charge in [0.2, 0.25) is 10.0 Å². The Labute approximate surface area is 168 Å². The third kappa shape index (κ3) is 4.77. The van der Waals surface area contributed by atoms with Crippen molar-refractivity contribution < 1.29 is 13.3 Å². The van der Waals surface area contributed by atoms with Crippen LogP contribution in [-0.2, 0) is 23.1 Å². The zero-order valence-electron chi connectivity index (χ0n) is 15.4. The first-order valence-electron chi connectivity index (χ1n) is 8.75. The number of nitrogens with two attached hydrogens (primary N) is 1. The lowest BCUT2D eigenvalue weighted by atomic mass is 10.2. The average molecular weight is 412 g/mol. The van der Waals surface area contributed by atoms with Gasteiger partial charge in [-0.2, -0.15) is 4.31 Å². The fourth-order valence-corrected chi connectivity index (χ4v) is 4.33. The van der Waals surface area contributed by atoms with Gasteiger partial charge in [-0.05, 0) is 23.3 Å². The van der Waals surface area contributed by atoms with Gasteiger partial charge in [-0.15, -0.1) is 0 Å². The molecule has 0 radical (unpaired) electrons. The minimum Gasteiger partial charge on any atom is -0.318 e. The molecule has 0 saturated heterocycles. The number of nitro groups is 1. The molecule has 0 saturated carbocycles. The zero-order chi connectivity index (χ0) is 20.9. The molecule has 8 nitrogen and oxygen atoms in total. The SMILES string of the molecule is NNc1ccc(S(=O)(=O)N(Cc2ccccc2)Cc2ccccc2)cc1[N+](=O)[O-]. The smallest absolute Gasteiger partial charge is 0.294 e. The number of hydrazine groups is 1. The fraction of sp³-hybridized carbons (Fsp3) is 0.100. The van der Waals surface area contributed by atoms with E-state index in [4.69, 9.17) is 5.84 Å². The normalized spacial score (nSPS) is 11.4. The summed E-state index contributed by atoms with van der Waals surface area (Å²) in [6.07, 6.45) is 0. The molecule has 0 bridgehead atoms. The first-order valence-corrected chi connectivity index (χ1v) is 10.2. The standard InChI is InChI=1S/C20H20N4O4S/c21-22-19-12-11-18(13-20(19)24(25)26)29(27,28)23(14-16-7-3-1-4-8-16)15-17-9-5-2-6-10-17/h1-13,22H,14-15,21H2. The van der Waals surface area contributed by atoms with Crippen LogP contribution in [0, 0.1) is 10.1 Å². The predicted molar refractivity (Wildman–Crippen MR) is 110 cm³/mol. The number of sulfonamides is 1. The molecule has 0 fully saturated rings. The Hall–Kier alpha value is -3.27. The second kappa shape index (κ2) is 8.82. The minimum atomic E-state index is -4.02. The van der Waals surface area contributed by atoms with Gasteiger partial charge in [0.05, 0.1) is 9.82 Å². The second-order valence-electron chi connectivity index (χ2n) is 6.32. The molecule has 0 aromatic heterocycles. The minimum absolute atomic E-state index is 0.0339. The van der Waals surface area contributed by atoms with Crippen LogP contribution in [0.15, 0.2) is 83.8 Å². The Morgan fingerprint density at radius 2 is 1.41 bits per heavy atom. The van der Waals surface area contributed by atoms with Crippen LogP contribution < -0.4 is 11.3 Å². The van der Waals surface area contributed by atoms with Gasteiger partial charge >= 0.3 is 0 Å². The van der Waals surface area contributed by atoms with Gasteiger partial charge in [0.1, 0.15) is 5.69 Å². The van der Waals surface area contributed by atoms with Crippen molar-refractivity contribution in [1.82, 2.24) is 4.31 Å². The maximum Gasteiger partial charge on any atom is 0.294 e. The van der Waals surface area contributed by atoms with Gasteiger partial charge < -0.3 is 5.43 Å². The van der Waals surface area contributed by atoms with E-state index >= 15 is 0 Å². The summed E-state index contributed by atoms with van der Waals surface area (Å²) in [7, 11) is -4.02. The van der Waals surface area contributed by atoms with E-state index in [-0.39, 0.29) is 23.7 Å². The van der Waals surface area contributed by atoms with Crippen LogP contribution in [0.2, 0.25) is 0 Å². The summed E-state index contributed by atoms with van der Waals surface area (Å²) in [5.74, 6) is 5.30. The molecule has 0 aliphatic heterocycles. The number of hydrogen-bond donors (Lipinski definition) is 2. The molecule has 9 heteroatoms. The summed E-state index contributed by atoms with van der Waals surface area (Å²) in [6, 6.07) is 21.9. The van der Waals surface area contributed by atoms with Crippen molar-refractivity contribution in [2.45, 2.75) is 18.0 Å². The van der Waals surface area contributed by atoms with E-state index in [9.17, 15) is 18.5 Å². The van der Waals surface area contributed by atoms with Crippen molar-refractivity contribution in [2.24, 2.45) is 5.84 Å². The molecule has 150 valence electrons. The average Bonchev–Trinajstić information content (AvgIpc) is 2.74. The van der Waals surface area contributed by atoms with Gasteiger partial charge in [0.25, 0.3) is 5.69 Å². The van der Waals surface area contributed by atoms with Crippen molar-refractivity contribution in [2.75, 3.05) is 5.43 Å². The van der Waals surface area contributed by atoms with Crippen LogP contribution in [0.4, 0.5) is 11.4 Å². The van der Waals surface area contributed by atoms with E-state index in [1.54, 1.807) is 0 Å². The number of benzene rings is 3. The lowest BCUT2D eigenvalue weighted by molar-refractivity contribution is -0.384. The van der Waals surface area contributed by atoms with Crippen molar-refractivity contribution in [3.63, 3.8) is 0 Å². The first-order chi connectivity index (χ1) is 13.9. The quantitative estimate of drug-likeness (QED) is 0.333. The van der Waals surface area contributed by atoms with Gasteiger partial charge in [0.15, 0.2) is 0 Å². The van der Waals surface area contributed by atoms with E-state index < -0.39 is 20.6 Å². The van der Waals surface area contributed by atoms with Crippen LogP contribution in [-0.4, -0.2) is 17.6 Å². The first kappa shape index (κ1) is 20.5. The fourth-order valence-electron chi connectivity index (χ4n) is 2.89. The molecular weight excluding hydrogens is 392 g/mol. The third-order valence-corrected chi connectivity index (χ3v) is 6.15. The van der Waals surface area contributed by atoms with Crippen molar-refractivity contribution in [3.8, 4) is 0 Å². The Morgan fingerprint density at radius 1 is 0.897 bits per heavy atom. The molecule has 0 atom stereocenters. The van der Waals surface area contributed by atoms with Crippen LogP contribution in [0.1, 0.15) is 11.1 Å². The second-order valence-corrected chi connectivity index (χ2v) is 8.26. The number of nitrogen functional groups attached to an aromatic ring is 1. The number of anilines is 1. The highest BCUT2D eigenvalue weighted by Gasteiger charge is 2.28.